The third-order valence-corrected chi connectivity index (χ3v) is 5.50. The lowest BCUT2D eigenvalue weighted by atomic mass is 10.3. The number of carbonyl (C=O) groups is 1. The molecule has 0 spiro atoms. The largest absolute Gasteiger partial charge is 0.377 e. The first-order valence-corrected chi connectivity index (χ1v) is 9.21. The Morgan fingerprint density at radius 2 is 2.04 bits per heavy atom. The molecule has 1 fully saturated rings. The number of aromatic nitrogens is 2. The molecule has 7 nitrogen and oxygen atoms in total. The predicted octanol–water partition coefficient (Wildman–Crippen LogP) is 1.68. The normalized spacial score (nSPS) is 17.6. The molecule has 0 saturated carbocycles. The van der Waals surface area contributed by atoms with E-state index in [2.05, 4.69) is 15.3 Å². The van der Waals surface area contributed by atoms with Crippen molar-refractivity contribution < 1.29 is 17.9 Å². The maximum absolute atomic E-state index is 12.4. The molecule has 0 radical (unpaired) electrons. The zero-order chi connectivity index (χ0) is 17.0. The van der Waals surface area contributed by atoms with Crippen molar-refractivity contribution in [3.8, 4) is 0 Å². The second kappa shape index (κ2) is 7.06. The number of nitrogens with zero attached hydrogens (tertiary/aromatic N) is 2. The second-order valence-electron chi connectivity index (χ2n) is 5.49. The van der Waals surface area contributed by atoms with Crippen LogP contribution in [0.5, 0.6) is 0 Å². The van der Waals surface area contributed by atoms with Crippen molar-refractivity contribution in [2.75, 3.05) is 17.7 Å². The first-order chi connectivity index (χ1) is 11.5. The molecule has 1 atom stereocenters. The van der Waals surface area contributed by atoms with Crippen molar-refractivity contribution in [1.29, 1.82) is 0 Å². The number of hydrogen-bond acceptors (Lipinski definition) is 6. The van der Waals surface area contributed by atoms with Crippen LogP contribution in [0, 0.1) is 0 Å². The zero-order valence-electron chi connectivity index (χ0n) is 12.9. The molecule has 2 aromatic rings. The third-order valence-electron chi connectivity index (χ3n) is 3.70. The maximum Gasteiger partial charge on any atom is 0.275 e. The number of nitrogens with one attached hydrogen (secondary N) is 1. The zero-order valence-corrected chi connectivity index (χ0v) is 13.7. The lowest BCUT2D eigenvalue weighted by Crippen LogP contribution is -2.20. The van der Waals surface area contributed by atoms with Crippen LogP contribution in [-0.4, -0.2) is 42.8 Å². The van der Waals surface area contributed by atoms with Crippen LogP contribution in [0.1, 0.15) is 23.3 Å². The van der Waals surface area contributed by atoms with E-state index in [4.69, 9.17) is 4.74 Å². The van der Waals surface area contributed by atoms with E-state index in [0.717, 1.165) is 12.8 Å². The molecule has 1 N–H and O–H groups in total. The Kier molecular flexibility index (Phi) is 4.86. The van der Waals surface area contributed by atoms with Gasteiger partial charge in [-0.05, 0) is 37.1 Å². The van der Waals surface area contributed by atoms with Gasteiger partial charge in [0.15, 0.2) is 9.84 Å². The van der Waals surface area contributed by atoms with Gasteiger partial charge < -0.3 is 10.1 Å². The second-order valence-corrected chi connectivity index (χ2v) is 7.52. The van der Waals surface area contributed by atoms with E-state index in [-0.39, 0.29) is 22.4 Å². The molecule has 1 saturated heterocycles. The number of carbonyl (C=O) groups excluding carboxylic acids is 1. The first kappa shape index (κ1) is 16.5. The Hall–Kier alpha value is -2.32. The molecule has 3 rings (SSSR count). The lowest BCUT2D eigenvalue weighted by molar-refractivity contribution is 0.102. The molecule has 126 valence electrons. The Bertz CT molecular complexity index is 801. The van der Waals surface area contributed by atoms with Crippen LogP contribution in [0.2, 0.25) is 0 Å². The maximum atomic E-state index is 12.4. The number of ether oxygens (including phenoxy) is 1. The summed E-state index contributed by atoms with van der Waals surface area (Å²) in [6.07, 6.45) is 5.70. The molecule has 24 heavy (non-hydrogen) atoms. The van der Waals surface area contributed by atoms with Crippen LogP contribution in [-0.2, 0) is 14.6 Å². The van der Waals surface area contributed by atoms with Crippen LogP contribution in [0.4, 0.5) is 5.69 Å². The molecule has 0 aliphatic carbocycles. The van der Waals surface area contributed by atoms with E-state index < -0.39 is 15.7 Å². The Morgan fingerprint density at radius 3 is 2.67 bits per heavy atom. The Labute approximate surface area is 140 Å². The molecule has 1 amide bonds. The molecule has 0 bridgehead atoms. The Balaban J connectivity index is 1.67. The molecule has 8 heteroatoms. The van der Waals surface area contributed by atoms with Crippen LogP contribution < -0.4 is 5.32 Å². The summed E-state index contributed by atoms with van der Waals surface area (Å²) < 4.78 is 30.1. The summed E-state index contributed by atoms with van der Waals surface area (Å²) in [6, 6.07) is 6.07. The summed E-state index contributed by atoms with van der Waals surface area (Å²) in [5, 5.41) is 2.65. The average molecular weight is 347 g/mol. The van der Waals surface area contributed by atoms with E-state index in [1.165, 1.54) is 30.7 Å². The van der Waals surface area contributed by atoms with E-state index >= 15 is 0 Å². The highest BCUT2D eigenvalue weighted by molar-refractivity contribution is 7.91. The van der Waals surface area contributed by atoms with Gasteiger partial charge in [-0.3, -0.25) is 9.78 Å². The van der Waals surface area contributed by atoms with Crippen molar-refractivity contribution in [2.24, 2.45) is 0 Å². The minimum Gasteiger partial charge on any atom is -0.377 e. The van der Waals surface area contributed by atoms with E-state index in [9.17, 15) is 13.2 Å². The van der Waals surface area contributed by atoms with Gasteiger partial charge in [0.2, 0.25) is 0 Å². The SMILES string of the molecule is O=C(Nc1ccc(S(=O)(=O)C[C@H]2CCCO2)cc1)c1cnccn1. The van der Waals surface area contributed by atoms with Crippen molar-refractivity contribution >= 4 is 21.4 Å². The summed E-state index contributed by atoms with van der Waals surface area (Å²) in [4.78, 5) is 19.9. The van der Waals surface area contributed by atoms with Crippen molar-refractivity contribution in [2.45, 2.75) is 23.8 Å². The van der Waals surface area contributed by atoms with Gasteiger partial charge in [-0.15, -0.1) is 0 Å². The quantitative estimate of drug-likeness (QED) is 0.884. The van der Waals surface area contributed by atoms with Gasteiger partial charge in [0, 0.05) is 24.7 Å². The fraction of sp³-hybridized carbons (Fsp3) is 0.312. The van der Waals surface area contributed by atoms with Crippen molar-refractivity contribution in [1.82, 2.24) is 9.97 Å². The predicted molar refractivity (Wildman–Crippen MR) is 87.5 cm³/mol. The van der Waals surface area contributed by atoms with E-state index in [0.29, 0.717) is 12.3 Å². The third kappa shape index (κ3) is 3.95. The minimum absolute atomic E-state index is 0.0156. The number of benzene rings is 1. The molecular formula is C16H17N3O4S. The van der Waals surface area contributed by atoms with Gasteiger partial charge in [0.05, 0.1) is 22.9 Å². The fourth-order valence-corrected chi connectivity index (χ4v) is 3.97. The van der Waals surface area contributed by atoms with Gasteiger partial charge in [0.25, 0.3) is 5.91 Å². The smallest absolute Gasteiger partial charge is 0.275 e. The van der Waals surface area contributed by atoms with Crippen molar-refractivity contribution in [3.05, 3.63) is 48.5 Å². The highest BCUT2D eigenvalue weighted by Crippen LogP contribution is 2.20. The first-order valence-electron chi connectivity index (χ1n) is 7.56. The topological polar surface area (TPSA) is 98.2 Å². The number of anilines is 1. The van der Waals surface area contributed by atoms with Gasteiger partial charge in [-0.25, -0.2) is 13.4 Å². The van der Waals surface area contributed by atoms with Gasteiger partial charge >= 0.3 is 0 Å². The van der Waals surface area contributed by atoms with Gasteiger partial charge in [0.1, 0.15) is 5.69 Å². The lowest BCUT2D eigenvalue weighted by Gasteiger charge is -2.11. The van der Waals surface area contributed by atoms with Gasteiger partial charge in [-0.2, -0.15) is 0 Å². The fourth-order valence-electron chi connectivity index (χ4n) is 2.47. The number of sulfone groups is 1. The highest BCUT2D eigenvalue weighted by atomic mass is 32.2. The number of amides is 1. The number of rotatable bonds is 5. The van der Waals surface area contributed by atoms with E-state index in [1.807, 2.05) is 0 Å². The van der Waals surface area contributed by atoms with Crippen LogP contribution in [0.25, 0.3) is 0 Å². The van der Waals surface area contributed by atoms with Gasteiger partial charge in [-0.1, -0.05) is 0 Å². The van der Waals surface area contributed by atoms with Crippen LogP contribution >= 0.6 is 0 Å². The Morgan fingerprint density at radius 1 is 1.25 bits per heavy atom. The standard InChI is InChI=1S/C16H17N3O4S/c20-16(15-10-17-7-8-18-15)19-12-3-5-14(6-4-12)24(21,22)11-13-2-1-9-23-13/h3-8,10,13H,1-2,9,11H2,(H,19,20)/t13-/m1/s1. The molecule has 2 heterocycles. The van der Waals surface area contributed by atoms with Crippen LogP contribution in [0.15, 0.2) is 47.8 Å². The molecular weight excluding hydrogens is 330 g/mol. The minimum atomic E-state index is -3.40. The summed E-state index contributed by atoms with van der Waals surface area (Å²) in [6.45, 7) is 0.619. The van der Waals surface area contributed by atoms with E-state index in [1.54, 1.807) is 12.1 Å². The van der Waals surface area contributed by atoms with Crippen LogP contribution in [0.3, 0.4) is 0 Å². The summed E-state index contributed by atoms with van der Waals surface area (Å²) in [5.74, 6) is -0.420. The molecule has 0 unspecified atom stereocenters. The van der Waals surface area contributed by atoms with Crippen molar-refractivity contribution in [3.63, 3.8) is 0 Å². The average Bonchev–Trinajstić information content (AvgIpc) is 3.08. The summed E-state index contributed by atoms with van der Waals surface area (Å²) in [5.41, 5.74) is 0.675. The summed E-state index contributed by atoms with van der Waals surface area (Å²) in [7, 11) is -3.40. The molecule has 1 aliphatic heterocycles. The summed E-state index contributed by atoms with van der Waals surface area (Å²) >= 11 is 0. The highest BCUT2D eigenvalue weighted by Gasteiger charge is 2.24. The molecule has 1 aromatic heterocycles. The molecule has 1 aromatic carbocycles. The number of hydrogen-bond donors (Lipinski definition) is 1. The monoisotopic (exact) mass is 347 g/mol. The molecule has 1 aliphatic rings.